The molecule has 0 radical (unpaired) electrons. The molecular formula is C19H26N4O4. The lowest BCUT2D eigenvalue weighted by atomic mass is 10.1. The molecule has 1 amide bonds. The highest BCUT2D eigenvalue weighted by atomic mass is 16.6. The van der Waals surface area contributed by atoms with E-state index < -0.39 is 11.6 Å². The Kier molecular flexibility index (Phi) is 5.94. The molecule has 0 aliphatic carbocycles. The fourth-order valence-corrected chi connectivity index (χ4v) is 3.17. The van der Waals surface area contributed by atoms with Crippen LogP contribution in [0.1, 0.15) is 50.7 Å². The highest BCUT2D eigenvalue weighted by molar-refractivity contribution is 5.91. The number of esters is 1. The molecule has 27 heavy (non-hydrogen) atoms. The third-order valence-corrected chi connectivity index (χ3v) is 4.24. The molecule has 0 saturated carbocycles. The molecule has 2 heterocycles. The number of aromatic nitrogens is 1. The van der Waals surface area contributed by atoms with Gasteiger partial charge in [0.1, 0.15) is 17.5 Å². The highest BCUT2D eigenvalue weighted by Crippen LogP contribution is 2.24. The Balaban J connectivity index is 2.21. The summed E-state index contributed by atoms with van der Waals surface area (Å²) in [5, 5.41) is 9.30. The molecule has 0 spiro atoms. The van der Waals surface area contributed by atoms with E-state index in [1.807, 2.05) is 45.6 Å². The number of carbonyl (C=O) groups is 2. The van der Waals surface area contributed by atoms with Crippen molar-refractivity contribution in [2.24, 2.45) is 0 Å². The van der Waals surface area contributed by atoms with Crippen molar-refractivity contribution in [2.45, 2.75) is 52.3 Å². The largest absolute Gasteiger partial charge is 0.465 e. The minimum atomic E-state index is -0.595. The quantitative estimate of drug-likeness (QED) is 0.734. The number of nitrogens with zero attached hydrogens (tertiary/aromatic N) is 4. The molecule has 146 valence electrons. The lowest BCUT2D eigenvalue weighted by Gasteiger charge is -2.44. The molecule has 0 N–H and O–H groups in total. The van der Waals surface area contributed by atoms with Gasteiger partial charge in [-0.2, -0.15) is 5.26 Å². The second-order valence-electron chi connectivity index (χ2n) is 7.66. The lowest BCUT2D eigenvalue weighted by Crippen LogP contribution is -2.59. The fraction of sp³-hybridized carbons (Fsp3) is 0.579. The zero-order chi connectivity index (χ0) is 20.4. The smallest absolute Gasteiger partial charge is 0.410 e. The van der Waals surface area contributed by atoms with Crippen LogP contribution in [0.4, 0.5) is 10.6 Å². The number of amides is 1. The van der Waals surface area contributed by atoms with Crippen molar-refractivity contribution in [1.82, 2.24) is 9.88 Å². The standard InChI is InChI=1S/C19H26N4O4/c1-12-10-22(11-13(2)23(12)18(25)27-19(3,4)5)16-8-7-14(17(24)26-6)15(9-20)21-16/h7-8,12-13H,10-11H2,1-6H3/t12-,13+. The number of anilines is 1. The van der Waals surface area contributed by atoms with Crippen molar-refractivity contribution in [1.29, 1.82) is 5.26 Å². The molecule has 0 bridgehead atoms. The van der Waals surface area contributed by atoms with E-state index in [-0.39, 0.29) is 29.4 Å². The van der Waals surface area contributed by atoms with Gasteiger partial charge < -0.3 is 14.4 Å². The lowest BCUT2D eigenvalue weighted by molar-refractivity contribution is 0.00558. The molecule has 1 aromatic heterocycles. The van der Waals surface area contributed by atoms with Crippen molar-refractivity contribution < 1.29 is 19.1 Å². The van der Waals surface area contributed by atoms with E-state index in [9.17, 15) is 14.9 Å². The SMILES string of the molecule is COC(=O)c1ccc(N2C[C@@H](C)N(C(=O)OC(C)(C)C)[C@@H](C)C2)nc1C#N. The molecule has 1 aliphatic heterocycles. The number of rotatable bonds is 2. The maximum Gasteiger partial charge on any atom is 0.410 e. The third kappa shape index (κ3) is 4.67. The molecular weight excluding hydrogens is 348 g/mol. The minimum Gasteiger partial charge on any atom is -0.465 e. The van der Waals surface area contributed by atoms with E-state index in [1.165, 1.54) is 7.11 Å². The van der Waals surface area contributed by atoms with Gasteiger partial charge in [-0.25, -0.2) is 14.6 Å². The Labute approximate surface area is 159 Å². The summed E-state index contributed by atoms with van der Waals surface area (Å²) in [6, 6.07) is 4.97. The van der Waals surface area contributed by atoms with Crippen LogP contribution in [0.3, 0.4) is 0 Å². The van der Waals surface area contributed by atoms with E-state index in [2.05, 4.69) is 9.72 Å². The molecule has 2 atom stereocenters. The molecule has 1 saturated heterocycles. The summed E-state index contributed by atoms with van der Waals surface area (Å²) in [4.78, 5) is 32.3. The number of nitriles is 1. The van der Waals surface area contributed by atoms with Gasteiger partial charge in [0.25, 0.3) is 0 Å². The first kappa shape index (κ1) is 20.5. The van der Waals surface area contributed by atoms with Crippen LogP contribution in [-0.4, -0.2) is 59.8 Å². The maximum atomic E-state index is 12.5. The zero-order valence-corrected chi connectivity index (χ0v) is 16.6. The van der Waals surface area contributed by atoms with Gasteiger partial charge in [0.05, 0.1) is 24.8 Å². The number of ether oxygens (including phenoxy) is 2. The summed E-state index contributed by atoms with van der Waals surface area (Å²) in [5.41, 5.74) is -0.396. The van der Waals surface area contributed by atoms with Crippen molar-refractivity contribution in [2.75, 3.05) is 25.1 Å². The van der Waals surface area contributed by atoms with E-state index in [0.717, 1.165) is 0 Å². The summed E-state index contributed by atoms with van der Waals surface area (Å²) in [6.07, 6.45) is -0.339. The van der Waals surface area contributed by atoms with E-state index in [1.54, 1.807) is 17.0 Å². The van der Waals surface area contributed by atoms with Crippen LogP contribution in [0.2, 0.25) is 0 Å². The second kappa shape index (κ2) is 7.82. The van der Waals surface area contributed by atoms with Gasteiger partial charge >= 0.3 is 12.1 Å². The van der Waals surface area contributed by atoms with Gasteiger partial charge in [-0.05, 0) is 46.8 Å². The van der Waals surface area contributed by atoms with Gasteiger partial charge in [0, 0.05) is 13.1 Å². The minimum absolute atomic E-state index is 0.0224. The van der Waals surface area contributed by atoms with E-state index in [4.69, 9.17) is 4.74 Å². The van der Waals surface area contributed by atoms with Gasteiger partial charge in [-0.1, -0.05) is 0 Å². The summed E-state index contributed by atoms with van der Waals surface area (Å²) in [6.45, 7) is 10.5. The second-order valence-corrected chi connectivity index (χ2v) is 7.66. The first-order valence-electron chi connectivity index (χ1n) is 8.83. The van der Waals surface area contributed by atoms with Crippen LogP contribution in [0.5, 0.6) is 0 Å². The number of carbonyl (C=O) groups excluding carboxylic acids is 2. The Morgan fingerprint density at radius 2 is 1.81 bits per heavy atom. The number of hydrogen-bond acceptors (Lipinski definition) is 7. The van der Waals surface area contributed by atoms with E-state index in [0.29, 0.717) is 18.9 Å². The monoisotopic (exact) mass is 374 g/mol. The molecule has 8 nitrogen and oxygen atoms in total. The van der Waals surface area contributed by atoms with Crippen molar-refractivity contribution in [3.8, 4) is 6.07 Å². The Morgan fingerprint density at radius 3 is 2.30 bits per heavy atom. The molecule has 1 aromatic rings. The molecule has 0 aromatic carbocycles. The Morgan fingerprint density at radius 1 is 1.22 bits per heavy atom. The van der Waals surface area contributed by atoms with Crippen LogP contribution in [-0.2, 0) is 9.47 Å². The number of hydrogen-bond donors (Lipinski definition) is 0. The normalized spacial score (nSPS) is 20.0. The van der Waals surface area contributed by atoms with Gasteiger partial charge in [-0.3, -0.25) is 4.90 Å². The summed E-state index contributed by atoms with van der Waals surface area (Å²) in [7, 11) is 1.26. The highest BCUT2D eigenvalue weighted by Gasteiger charge is 2.36. The summed E-state index contributed by atoms with van der Waals surface area (Å²) < 4.78 is 10.2. The zero-order valence-electron chi connectivity index (χ0n) is 16.6. The van der Waals surface area contributed by atoms with Crippen LogP contribution in [0.25, 0.3) is 0 Å². The van der Waals surface area contributed by atoms with Gasteiger partial charge in [-0.15, -0.1) is 0 Å². The fourth-order valence-electron chi connectivity index (χ4n) is 3.17. The Bertz CT molecular complexity index is 754. The first-order chi connectivity index (χ1) is 12.6. The van der Waals surface area contributed by atoms with E-state index >= 15 is 0 Å². The third-order valence-electron chi connectivity index (χ3n) is 4.24. The van der Waals surface area contributed by atoms with Crippen LogP contribution in [0.15, 0.2) is 12.1 Å². The average molecular weight is 374 g/mol. The maximum absolute atomic E-state index is 12.5. The Hall–Kier alpha value is -2.82. The molecule has 1 aliphatic rings. The average Bonchev–Trinajstić information content (AvgIpc) is 2.58. The van der Waals surface area contributed by atoms with Crippen LogP contribution in [0, 0.1) is 11.3 Å². The number of piperazine rings is 1. The number of methoxy groups -OCH3 is 1. The molecule has 1 fully saturated rings. The van der Waals surface area contributed by atoms with Crippen molar-refractivity contribution in [3.05, 3.63) is 23.4 Å². The van der Waals surface area contributed by atoms with Gasteiger partial charge in [0.15, 0.2) is 5.69 Å². The van der Waals surface area contributed by atoms with Crippen LogP contribution >= 0.6 is 0 Å². The first-order valence-corrected chi connectivity index (χ1v) is 8.83. The molecule has 8 heteroatoms. The predicted octanol–water partition coefficient (Wildman–Crippen LogP) is 2.57. The molecule has 2 rings (SSSR count). The van der Waals surface area contributed by atoms with Crippen LogP contribution < -0.4 is 4.90 Å². The van der Waals surface area contributed by atoms with Crippen molar-refractivity contribution >= 4 is 17.9 Å². The van der Waals surface area contributed by atoms with Gasteiger partial charge in [0.2, 0.25) is 0 Å². The summed E-state index contributed by atoms with van der Waals surface area (Å²) in [5.74, 6) is -0.0103. The molecule has 0 unspecified atom stereocenters. The summed E-state index contributed by atoms with van der Waals surface area (Å²) >= 11 is 0. The van der Waals surface area contributed by atoms with Crippen molar-refractivity contribution in [3.63, 3.8) is 0 Å². The topological polar surface area (TPSA) is 95.8 Å². The predicted molar refractivity (Wildman–Crippen MR) is 99.5 cm³/mol. The number of pyridine rings is 1.